The van der Waals surface area contributed by atoms with Crippen LogP contribution >= 0.6 is 39.3 Å². The van der Waals surface area contributed by atoms with Crippen LogP contribution in [0.4, 0.5) is 0 Å². The summed E-state index contributed by atoms with van der Waals surface area (Å²) in [5.74, 6) is -2.18. The van der Waals surface area contributed by atoms with Crippen molar-refractivity contribution in [1.82, 2.24) is 5.48 Å². The smallest absolute Gasteiger partial charge is 0.338 e. The van der Waals surface area contributed by atoms with E-state index in [0.29, 0.717) is 20.7 Å². The molecular formula is C107H210BrClN4O15S. The third kappa shape index (κ3) is 149. The number of hydrogen-bond donors (Lipinski definition) is 5. The Balaban J connectivity index is -0.000000115. The van der Waals surface area contributed by atoms with Crippen LogP contribution in [-0.4, -0.2) is 131 Å². The molecule has 1 unspecified atom stereocenters. The molecule has 768 valence electrons. The zero-order valence-electron chi connectivity index (χ0n) is 92.2. The summed E-state index contributed by atoms with van der Waals surface area (Å²) in [7, 11) is 1.36. The van der Waals surface area contributed by atoms with E-state index in [4.69, 9.17) is 56.2 Å². The number of azide groups is 1. The Morgan fingerprint density at radius 3 is 0.984 bits per heavy atom. The SMILES string of the molecule is CCC=C(C)C.CCC=C(C)C.CCCC(C)(C)Br.CCCC(C)(C)C.CCCC(C)(C)C.CCCC(C)(C)Cl.CCCC(C)(C)N=[N+]=[N-].CCCC(C)(C)O.CCCC(C)(C)OC(=O)c1ccccc1.CCCC(C)(C)OC(C)=O.CCCC(C)(C)OCC(=O)NO.CCCC(C)(C)OCC(=O)O.CCCC(C)(C)OCC(=O)OC.CCCC(C)(O)Sc1ccccc1. The normalized spacial score (nSPS) is 11.5. The van der Waals surface area contributed by atoms with E-state index in [-0.39, 0.29) is 76.1 Å². The number of nitrogens with zero attached hydrogens (tertiary/aromatic N) is 3. The van der Waals surface area contributed by atoms with E-state index in [0.717, 1.165) is 114 Å². The van der Waals surface area contributed by atoms with Gasteiger partial charge in [-0.05, 0) is 262 Å². The van der Waals surface area contributed by atoms with Crippen molar-refractivity contribution >= 4 is 69.1 Å². The first-order chi connectivity index (χ1) is 58.6. The summed E-state index contributed by atoms with van der Waals surface area (Å²) in [6.07, 6.45) is 32.3. The van der Waals surface area contributed by atoms with E-state index in [2.05, 4.69) is 216 Å². The molecule has 19 nitrogen and oxygen atoms in total. The summed E-state index contributed by atoms with van der Waals surface area (Å²) in [5, 5.41) is 39.1. The molecule has 0 aliphatic carbocycles. The van der Waals surface area contributed by atoms with Crippen LogP contribution < -0.4 is 5.48 Å². The molecule has 0 saturated carbocycles. The standard InChI is InChI=1S/C13H18O2.C11H16OS.C9H18O3.C8H17NO3.C8H16O3.C8H16O2.2C7H16.C6H13Br.C6H13Cl.C6H13N3.C6H14O.2C6H12/c1-4-10-13(2,3)15-12(14)11-8-6-5-7-9-11;1-3-9-11(2,12)13-10-7-5-4-6-8-10;1-5-6-9(2,3)12-7-8(10)11-4;1-4-5-8(2,3)12-6-7(10)9-11;1-4-5-8(2,3)11-6-7(9)10;1-5-6-8(3,4)10-7(2)9;2*1-5-6-7(2,3)4;2*1-4-5-6(2,3)7;1-4-5-6(2,3)8-9-7;1-4-5-6(2,3)7;2*1-4-5-6(2)3/h5-9H,4,10H2,1-3H3;4-8,12H,3,9H2,1-2H3;5-7H2,1-4H3;11H,4-6H2,1-3H3,(H,9,10);4-6H2,1-3H3,(H,9,10);5-6H2,1-4H3;2*5-6H2,1-4H3;2*4-5H2,1-3H3;4-5H2,1-3H3;7H,4-5H2,1-3H3;2*5H,4H2,1-3H3. The zero-order chi connectivity index (χ0) is 104. The van der Waals surface area contributed by atoms with Crippen molar-refractivity contribution in [3.8, 4) is 0 Å². The number of carbonyl (C=O) groups excluding carboxylic acids is 4. The maximum absolute atomic E-state index is 11.7. The second-order valence-electron chi connectivity index (χ2n) is 40.9. The lowest BCUT2D eigenvalue weighted by molar-refractivity contribution is -0.154. The molecule has 0 heterocycles. The number of aliphatic carboxylic acids is 1. The number of allylic oxidation sites excluding steroid dienone is 4. The monoisotopic (exact) mass is 1940 g/mol. The molecule has 0 aromatic heterocycles. The van der Waals surface area contributed by atoms with E-state index in [1.165, 1.54) is 100 Å². The molecule has 2 rings (SSSR count). The molecule has 1 atom stereocenters. The van der Waals surface area contributed by atoms with Gasteiger partial charge in [0.2, 0.25) is 0 Å². The number of carbonyl (C=O) groups is 5. The molecule has 0 radical (unpaired) electrons. The van der Waals surface area contributed by atoms with Crippen LogP contribution in [0.15, 0.2) is 94.0 Å². The van der Waals surface area contributed by atoms with Crippen LogP contribution in [0.5, 0.6) is 0 Å². The average molecular weight is 1940 g/mol. The van der Waals surface area contributed by atoms with Crippen LogP contribution in [0.2, 0.25) is 0 Å². The van der Waals surface area contributed by atoms with Crippen LogP contribution in [0.1, 0.15) is 482 Å². The van der Waals surface area contributed by atoms with Gasteiger partial charge in [0, 0.05) is 31.5 Å². The minimum atomic E-state index is -0.908. The minimum absolute atomic E-state index is 0.0226. The summed E-state index contributed by atoms with van der Waals surface area (Å²) in [5.41, 5.74) is 12.0. The van der Waals surface area contributed by atoms with Crippen molar-refractivity contribution in [1.29, 1.82) is 0 Å². The number of rotatable bonds is 39. The third-order valence-corrected chi connectivity index (χ3v) is 18.7. The van der Waals surface area contributed by atoms with Crippen molar-refractivity contribution in [2.75, 3.05) is 26.9 Å². The van der Waals surface area contributed by atoms with E-state index in [9.17, 15) is 29.1 Å². The molecule has 2 aromatic rings. The van der Waals surface area contributed by atoms with Gasteiger partial charge in [0.15, 0.2) is 0 Å². The van der Waals surface area contributed by atoms with Crippen LogP contribution in [0.25, 0.3) is 10.4 Å². The summed E-state index contributed by atoms with van der Waals surface area (Å²) in [6.45, 7) is 90.2. The Morgan fingerprint density at radius 1 is 0.442 bits per heavy atom. The van der Waals surface area contributed by atoms with Crippen molar-refractivity contribution in [3.63, 3.8) is 0 Å². The van der Waals surface area contributed by atoms with Gasteiger partial charge in [-0.25, -0.2) is 19.9 Å². The molecule has 2 aromatic carbocycles. The van der Waals surface area contributed by atoms with Gasteiger partial charge in [-0.2, -0.15) is 0 Å². The van der Waals surface area contributed by atoms with Crippen LogP contribution in [0, 0.1) is 10.8 Å². The topological polar surface area (TPSA) is 282 Å². The summed E-state index contributed by atoms with van der Waals surface area (Å²) in [6, 6.07) is 19.1. The molecule has 0 saturated heterocycles. The van der Waals surface area contributed by atoms with Gasteiger partial charge in [-0.3, -0.25) is 14.8 Å². The first-order valence-electron chi connectivity index (χ1n) is 48.2. The highest BCUT2D eigenvalue weighted by molar-refractivity contribution is 9.10. The first kappa shape index (κ1) is 150. The summed E-state index contributed by atoms with van der Waals surface area (Å²) in [4.78, 5) is 56.9. The Bertz CT molecular complexity index is 2860. The van der Waals surface area contributed by atoms with Gasteiger partial charge in [0.1, 0.15) is 36.0 Å². The number of benzene rings is 2. The molecule has 129 heavy (non-hydrogen) atoms. The number of carboxylic acids is 1. The van der Waals surface area contributed by atoms with E-state index in [1.54, 1.807) is 12.1 Å². The molecule has 0 fully saturated rings. The number of alkyl halides is 2. The van der Waals surface area contributed by atoms with Gasteiger partial charge in [0.25, 0.3) is 5.91 Å². The Hall–Kier alpha value is -4.54. The summed E-state index contributed by atoms with van der Waals surface area (Å²) >= 11 is 10.9. The Labute approximate surface area is 814 Å². The fraction of sp³-hybridized carbons (Fsp3) is 0.804. The molecular weight excluding hydrogens is 1730 g/mol. The molecule has 22 heteroatoms. The van der Waals surface area contributed by atoms with Crippen molar-refractivity contribution in [2.24, 2.45) is 15.9 Å². The van der Waals surface area contributed by atoms with Crippen molar-refractivity contribution in [2.45, 2.75) is 530 Å². The molecule has 0 aliphatic heterocycles. The van der Waals surface area contributed by atoms with Crippen LogP contribution in [0.3, 0.4) is 0 Å². The number of carboxylic acid groups (broad SMARTS) is 1. The lowest BCUT2D eigenvalue weighted by atomic mass is 9.91. The number of methoxy groups -OCH3 is 1. The van der Waals surface area contributed by atoms with E-state index < -0.39 is 22.4 Å². The molecule has 5 N–H and O–H groups in total. The van der Waals surface area contributed by atoms with E-state index in [1.807, 2.05) is 173 Å². The zero-order valence-corrected chi connectivity index (χ0v) is 95.4. The number of nitrogens with one attached hydrogen (secondary N) is 1. The lowest BCUT2D eigenvalue weighted by Gasteiger charge is -2.24. The third-order valence-electron chi connectivity index (χ3n) is 16.9. The van der Waals surface area contributed by atoms with Gasteiger partial charge in [-0.15, -0.1) is 11.6 Å². The van der Waals surface area contributed by atoms with Gasteiger partial charge >= 0.3 is 23.9 Å². The van der Waals surface area contributed by atoms with Gasteiger partial charge in [-0.1, -0.05) is 336 Å². The largest absolute Gasteiger partial charge is 0.480 e. The van der Waals surface area contributed by atoms with Crippen molar-refractivity contribution in [3.05, 3.63) is 100.0 Å². The predicted molar refractivity (Wildman–Crippen MR) is 564 cm³/mol. The fourth-order valence-electron chi connectivity index (χ4n) is 11.6. The summed E-state index contributed by atoms with van der Waals surface area (Å²) < 4.78 is 31.0. The highest BCUT2D eigenvalue weighted by Crippen LogP contribution is 2.34. The van der Waals surface area contributed by atoms with Gasteiger partial charge in [0.05, 0.1) is 35.1 Å². The number of amides is 1. The lowest BCUT2D eigenvalue weighted by Crippen LogP contribution is -2.32. The van der Waals surface area contributed by atoms with Crippen LogP contribution in [-0.2, 0) is 47.6 Å². The maximum atomic E-state index is 11.7. The van der Waals surface area contributed by atoms with E-state index >= 15 is 0 Å². The maximum Gasteiger partial charge on any atom is 0.338 e. The molecule has 0 bridgehead atoms. The number of aliphatic hydroxyl groups is 2. The highest BCUT2D eigenvalue weighted by Gasteiger charge is 2.25. The van der Waals surface area contributed by atoms with Crippen molar-refractivity contribution < 1.29 is 72.9 Å². The second-order valence-corrected chi connectivity index (χ2v) is 45.6. The quantitative estimate of drug-likeness (QED) is 0.00355. The number of ether oxygens (including phenoxy) is 6. The molecule has 0 spiro atoms. The highest BCUT2D eigenvalue weighted by atomic mass is 79.9. The number of thioether (sulfide) groups is 1. The number of halogens is 2. The second kappa shape index (κ2) is 87.5. The molecule has 0 aliphatic rings. The number of hydrogen-bond acceptors (Lipinski definition) is 16. The first-order valence-corrected chi connectivity index (χ1v) is 50.1. The fourth-order valence-corrected chi connectivity index (χ4v) is 13.3. The Kier molecular flexibility index (Phi) is 102. The van der Waals surface area contributed by atoms with Gasteiger partial charge < -0.3 is 43.7 Å². The number of hydroxylamine groups is 1. The average Bonchev–Trinajstić information content (AvgIpc) is 0.868. The Morgan fingerprint density at radius 2 is 0.760 bits per heavy atom. The molecule has 1 amide bonds. The minimum Gasteiger partial charge on any atom is -0.480 e. The number of esters is 3. The predicted octanol–water partition coefficient (Wildman–Crippen LogP) is 33.9.